The molecule has 0 saturated carbocycles. The molecule has 0 aromatic heterocycles. The minimum Gasteiger partial charge on any atom is -0.335 e. The molecule has 0 saturated heterocycles. The van der Waals surface area contributed by atoms with Gasteiger partial charge in [0, 0.05) is 12.1 Å². The second kappa shape index (κ2) is 8.56. The molecule has 4 nitrogen and oxygen atoms in total. The van der Waals surface area contributed by atoms with Gasteiger partial charge in [0.05, 0.1) is 6.16 Å². The van der Waals surface area contributed by atoms with E-state index in [1.165, 1.54) is 0 Å². The first-order chi connectivity index (χ1) is 9.11. The third-order valence-electron chi connectivity index (χ3n) is 2.35. The van der Waals surface area contributed by atoms with Gasteiger partial charge in [-0.25, -0.2) is 6.57 Å². The van der Waals surface area contributed by atoms with Gasteiger partial charge in [-0.15, -0.1) is 0 Å². The molecule has 0 rings (SSSR count). The Hall–Kier alpha value is -0.700. The Balaban J connectivity index is 4.96. The number of rotatable bonds is 8. The molecule has 1 atom stereocenters. The zero-order valence-electron chi connectivity index (χ0n) is 12.1. The number of carbonyl (C=O) groups is 1. The molecule has 8 heteroatoms. The fourth-order valence-corrected chi connectivity index (χ4v) is 3.85. The van der Waals surface area contributed by atoms with Crippen LogP contribution in [0.3, 0.4) is 0 Å². The van der Waals surface area contributed by atoms with E-state index in [1.807, 2.05) is 27.7 Å². The summed E-state index contributed by atoms with van der Waals surface area (Å²) in [7, 11) is -1.70. The highest BCUT2D eigenvalue weighted by Crippen LogP contribution is 2.45. The minimum absolute atomic E-state index is 0.0380. The van der Waals surface area contributed by atoms with Crippen LogP contribution in [0.2, 0.25) is 0 Å². The Morgan fingerprint density at radius 1 is 1.30 bits per heavy atom. The van der Waals surface area contributed by atoms with E-state index in [0.29, 0.717) is 0 Å². The van der Waals surface area contributed by atoms with Crippen molar-refractivity contribution in [3.05, 3.63) is 11.4 Å². The molecule has 0 heterocycles. The normalized spacial score (nSPS) is 13.8. The average Bonchev–Trinajstić information content (AvgIpc) is 2.26. The van der Waals surface area contributed by atoms with Crippen LogP contribution in [0.15, 0.2) is 0 Å². The molecule has 1 unspecified atom stereocenters. The van der Waals surface area contributed by atoms with E-state index in [-0.39, 0.29) is 25.2 Å². The van der Waals surface area contributed by atoms with Crippen LogP contribution in [-0.2, 0) is 9.32 Å². The summed E-state index contributed by atoms with van der Waals surface area (Å²) in [6.45, 7) is 14.1. The first-order valence-corrected chi connectivity index (χ1v) is 7.63. The molecular formula is C12H20F3N2O2P. The van der Waals surface area contributed by atoms with Crippen molar-refractivity contribution in [3.8, 4) is 0 Å². The molecule has 116 valence electrons. The summed E-state index contributed by atoms with van der Waals surface area (Å²) in [5, 5.41) is 0. The van der Waals surface area contributed by atoms with Gasteiger partial charge in [0.1, 0.15) is 14.9 Å². The van der Waals surface area contributed by atoms with Crippen LogP contribution < -0.4 is 0 Å². The van der Waals surface area contributed by atoms with Crippen LogP contribution in [0.25, 0.3) is 4.85 Å². The molecule has 0 N–H and O–H groups in total. The van der Waals surface area contributed by atoms with E-state index in [1.54, 1.807) is 4.67 Å². The second-order valence-electron chi connectivity index (χ2n) is 4.71. The van der Waals surface area contributed by atoms with Crippen molar-refractivity contribution < 1.29 is 22.5 Å². The highest BCUT2D eigenvalue weighted by molar-refractivity contribution is 7.51. The van der Waals surface area contributed by atoms with Crippen LogP contribution >= 0.6 is 8.30 Å². The third-order valence-corrected chi connectivity index (χ3v) is 4.83. The second-order valence-corrected chi connectivity index (χ2v) is 6.45. The maximum atomic E-state index is 12.4. The number of hydrogen-bond acceptors (Lipinski definition) is 3. The van der Waals surface area contributed by atoms with E-state index < -0.39 is 26.4 Å². The predicted octanol–water partition coefficient (Wildman–Crippen LogP) is 3.48. The van der Waals surface area contributed by atoms with Crippen LogP contribution in [0.1, 0.15) is 27.7 Å². The van der Waals surface area contributed by atoms with E-state index in [9.17, 15) is 18.0 Å². The minimum atomic E-state index is -4.84. The summed E-state index contributed by atoms with van der Waals surface area (Å²) in [5.41, 5.74) is 0. The summed E-state index contributed by atoms with van der Waals surface area (Å²) in [4.78, 5) is 14.3. The lowest BCUT2D eigenvalue weighted by atomic mass is 10.3. The Kier molecular flexibility index (Phi) is 8.26. The number of ketones is 1. The van der Waals surface area contributed by atoms with Crippen LogP contribution in [0, 0.1) is 6.57 Å². The van der Waals surface area contributed by atoms with E-state index >= 15 is 0 Å². The molecule has 0 aliphatic rings. The number of carbonyl (C=O) groups excluding carboxylic acids is 1. The topological polar surface area (TPSA) is 33.9 Å². The predicted molar refractivity (Wildman–Crippen MR) is 72.4 cm³/mol. The van der Waals surface area contributed by atoms with Crippen molar-refractivity contribution >= 4 is 14.1 Å². The lowest BCUT2D eigenvalue weighted by Crippen LogP contribution is -2.36. The Bertz CT molecular complexity index is 346. The first-order valence-electron chi connectivity index (χ1n) is 6.23. The lowest BCUT2D eigenvalue weighted by Gasteiger charge is -2.36. The summed E-state index contributed by atoms with van der Waals surface area (Å²) in [6, 6.07) is -0.0924. The summed E-state index contributed by atoms with van der Waals surface area (Å²) in [6.07, 6.45) is -5.53. The maximum absolute atomic E-state index is 12.4. The number of hydrogen-bond donors (Lipinski definition) is 0. The first kappa shape index (κ1) is 19.3. The number of alkyl halides is 3. The standard InChI is InChI=1S/C12H20F3N2O2P/c1-9(2)17(10(3)4)20(19-7-6-16-5)8-11(18)12(13,14)15/h9-10H,6-8H2,1-4H3. The fourth-order valence-electron chi connectivity index (χ4n) is 1.71. The van der Waals surface area contributed by atoms with Crippen molar-refractivity contribution in [2.45, 2.75) is 46.0 Å². The molecule has 0 spiro atoms. The SMILES string of the molecule is [C-]#[N+]CCOP(CC(=O)C(F)(F)F)N(C(C)C)C(C)C. The van der Waals surface area contributed by atoms with Crippen LogP contribution in [-0.4, -0.2) is 48.0 Å². The Morgan fingerprint density at radius 3 is 2.15 bits per heavy atom. The van der Waals surface area contributed by atoms with E-state index in [4.69, 9.17) is 11.1 Å². The summed E-state index contributed by atoms with van der Waals surface area (Å²) >= 11 is 0. The smallest absolute Gasteiger partial charge is 0.335 e. The molecule has 0 aliphatic heterocycles. The van der Waals surface area contributed by atoms with E-state index in [0.717, 1.165) is 0 Å². The van der Waals surface area contributed by atoms with Crippen molar-refractivity contribution in [2.24, 2.45) is 0 Å². The molecule has 0 radical (unpaired) electrons. The van der Waals surface area contributed by atoms with Crippen LogP contribution in [0.4, 0.5) is 13.2 Å². The molecule has 0 aromatic rings. The highest BCUT2D eigenvalue weighted by Gasteiger charge is 2.41. The molecule has 0 fully saturated rings. The van der Waals surface area contributed by atoms with Gasteiger partial charge >= 0.3 is 6.18 Å². The number of Topliss-reactive ketones (excluding diaryl/α,β-unsaturated/α-hetero) is 1. The average molecular weight is 312 g/mol. The van der Waals surface area contributed by atoms with Gasteiger partial charge in [0.15, 0.2) is 0 Å². The van der Waals surface area contributed by atoms with E-state index in [2.05, 4.69) is 4.85 Å². The van der Waals surface area contributed by atoms with Gasteiger partial charge in [-0.1, -0.05) is 0 Å². The van der Waals surface area contributed by atoms with Gasteiger partial charge in [0.2, 0.25) is 12.3 Å². The van der Waals surface area contributed by atoms with Crippen LogP contribution in [0.5, 0.6) is 0 Å². The van der Waals surface area contributed by atoms with Gasteiger partial charge in [-0.05, 0) is 27.7 Å². The summed E-state index contributed by atoms with van der Waals surface area (Å²) in [5.74, 6) is -1.78. The maximum Gasteiger partial charge on any atom is 0.450 e. The summed E-state index contributed by atoms with van der Waals surface area (Å²) < 4.78 is 44.4. The lowest BCUT2D eigenvalue weighted by molar-refractivity contribution is -0.168. The molecule has 0 amide bonds. The Morgan fingerprint density at radius 2 is 1.80 bits per heavy atom. The third kappa shape index (κ3) is 6.65. The van der Waals surface area contributed by atoms with Crippen molar-refractivity contribution in [2.75, 3.05) is 19.3 Å². The molecule has 20 heavy (non-hydrogen) atoms. The van der Waals surface area contributed by atoms with Gasteiger partial charge in [-0.3, -0.25) is 9.46 Å². The van der Waals surface area contributed by atoms with Crippen molar-refractivity contribution in [1.82, 2.24) is 4.67 Å². The number of halogens is 3. The van der Waals surface area contributed by atoms with Gasteiger partial charge in [0.25, 0.3) is 0 Å². The fraction of sp³-hybridized carbons (Fsp3) is 0.833. The van der Waals surface area contributed by atoms with Gasteiger partial charge < -0.3 is 9.37 Å². The molecule has 0 aromatic carbocycles. The molecule has 0 aliphatic carbocycles. The Labute approximate surface area is 119 Å². The van der Waals surface area contributed by atoms with Crippen molar-refractivity contribution in [3.63, 3.8) is 0 Å². The zero-order chi connectivity index (χ0) is 15.9. The van der Waals surface area contributed by atoms with Crippen molar-refractivity contribution in [1.29, 1.82) is 0 Å². The van der Waals surface area contributed by atoms with Gasteiger partial charge in [-0.2, -0.15) is 13.2 Å². The molecular weight excluding hydrogens is 292 g/mol. The molecule has 0 bridgehead atoms. The largest absolute Gasteiger partial charge is 0.450 e. The number of nitrogens with zero attached hydrogens (tertiary/aromatic N) is 2. The highest BCUT2D eigenvalue weighted by atomic mass is 31.2. The monoisotopic (exact) mass is 312 g/mol. The zero-order valence-corrected chi connectivity index (χ0v) is 13.0. The quantitative estimate of drug-likeness (QED) is 0.391.